The van der Waals surface area contributed by atoms with Gasteiger partial charge in [0.05, 0.1) is 23.7 Å². The molecule has 22 heavy (non-hydrogen) atoms. The summed E-state index contributed by atoms with van der Waals surface area (Å²) in [5.41, 5.74) is 6.79. The molecule has 0 radical (unpaired) electrons. The lowest BCUT2D eigenvalue weighted by Crippen LogP contribution is -2.27. The summed E-state index contributed by atoms with van der Waals surface area (Å²) in [5, 5.41) is 2.65. The molecule has 0 aliphatic carbocycles. The van der Waals surface area contributed by atoms with E-state index < -0.39 is 11.7 Å². The summed E-state index contributed by atoms with van der Waals surface area (Å²) in [6, 6.07) is 9.28. The van der Waals surface area contributed by atoms with Crippen LogP contribution in [0.4, 0.5) is 10.1 Å². The second-order valence-electron chi connectivity index (χ2n) is 4.82. The Morgan fingerprint density at radius 1 is 1.32 bits per heavy atom. The number of methoxy groups -OCH3 is 1. The molecule has 0 aliphatic rings. The second-order valence-corrected chi connectivity index (χ2v) is 5.23. The van der Waals surface area contributed by atoms with Gasteiger partial charge in [-0.3, -0.25) is 4.79 Å². The minimum Gasteiger partial charge on any atom is -0.497 e. The van der Waals surface area contributed by atoms with Crippen LogP contribution in [0.1, 0.15) is 28.9 Å². The molecule has 2 aromatic carbocycles. The van der Waals surface area contributed by atoms with Crippen LogP contribution in [0.15, 0.2) is 36.4 Å². The molecule has 4 nitrogen and oxygen atoms in total. The number of nitrogen functional groups attached to an aromatic ring is 1. The third-order valence-electron chi connectivity index (χ3n) is 3.30. The van der Waals surface area contributed by atoms with E-state index in [0.717, 1.165) is 17.4 Å². The Bertz CT molecular complexity index is 689. The molecule has 0 spiro atoms. The van der Waals surface area contributed by atoms with Crippen LogP contribution >= 0.6 is 11.6 Å². The Morgan fingerprint density at radius 2 is 1.95 bits per heavy atom. The fourth-order valence-electron chi connectivity index (χ4n) is 2.01. The normalized spacial score (nSPS) is 11.8. The SMILES string of the molecule is COc1ccc(C(C)NC(=O)c2cc(F)c(Cl)cc2N)cc1. The maximum atomic E-state index is 13.5. The summed E-state index contributed by atoms with van der Waals surface area (Å²) in [6.07, 6.45) is 0. The maximum Gasteiger partial charge on any atom is 0.253 e. The molecule has 0 aliphatic heterocycles. The number of carbonyl (C=O) groups is 1. The monoisotopic (exact) mass is 322 g/mol. The summed E-state index contributed by atoms with van der Waals surface area (Å²) >= 11 is 5.62. The van der Waals surface area contributed by atoms with Crippen molar-refractivity contribution in [2.24, 2.45) is 0 Å². The van der Waals surface area contributed by atoms with Crippen molar-refractivity contribution in [2.75, 3.05) is 12.8 Å². The number of rotatable bonds is 4. The lowest BCUT2D eigenvalue weighted by atomic mass is 10.1. The standard InChI is InChI=1S/C16H16ClFN2O2/c1-9(10-3-5-11(22-2)6-4-10)20-16(21)12-7-14(18)13(17)8-15(12)19/h3-9H,19H2,1-2H3,(H,20,21). The van der Waals surface area contributed by atoms with Crippen molar-refractivity contribution in [3.8, 4) is 5.75 Å². The highest BCUT2D eigenvalue weighted by molar-refractivity contribution is 6.31. The molecule has 0 saturated heterocycles. The minimum atomic E-state index is -0.682. The first-order valence-corrected chi connectivity index (χ1v) is 6.99. The fourth-order valence-corrected chi connectivity index (χ4v) is 2.18. The highest BCUT2D eigenvalue weighted by Gasteiger charge is 2.16. The number of carbonyl (C=O) groups excluding carboxylic acids is 1. The molecule has 116 valence electrons. The molecule has 0 aromatic heterocycles. The van der Waals surface area contributed by atoms with Crippen LogP contribution in [-0.4, -0.2) is 13.0 Å². The number of anilines is 1. The average Bonchev–Trinajstić information content (AvgIpc) is 2.50. The van der Waals surface area contributed by atoms with E-state index in [-0.39, 0.29) is 22.3 Å². The minimum absolute atomic E-state index is 0.0576. The quantitative estimate of drug-likeness (QED) is 0.846. The molecule has 1 unspecified atom stereocenters. The number of nitrogens with two attached hydrogens (primary N) is 1. The molecule has 0 bridgehead atoms. The van der Waals surface area contributed by atoms with Crippen LogP contribution in [0.5, 0.6) is 5.75 Å². The zero-order chi connectivity index (χ0) is 16.3. The Kier molecular flexibility index (Phi) is 4.88. The van der Waals surface area contributed by atoms with E-state index in [9.17, 15) is 9.18 Å². The van der Waals surface area contributed by atoms with E-state index in [1.54, 1.807) is 19.2 Å². The lowest BCUT2D eigenvalue weighted by molar-refractivity contribution is 0.0940. The Balaban J connectivity index is 2.15. The van der Waals surface area contributed by atoms with Crippen molar-refractivity contribution >= 4 is 23.2 Å². The van der Waals surface area contributed by atoms with Crippen LogP contribution in [0.2, 0.25) is 5.02 Å². The third kappa shape index (κ3) is 3.49. The zero-order valence-corrected chi connectivity index (χ0v) is 12.9. The first kappa shape index (κ1) is 16.1. The predicted octanol–water partition coefficient (Wildman–Crippen LogP) is 3.56. The highest BCUT2D eigenvalue weighted by atomic mass is 35.5. The lowest BCUT2D eigenvalue weighted by Gasteiger charge is -2.16. The van der Waals surface area contributed by atoms with Crippen molar-refractivity contribution in [3.05, 3.63) is 58.4 Å². The van der Waals surface area contributed by atoms with Gasteiger partial charge < -0.3 is 15.8 Å². The van der Waals surface area contributed by atoms with Crippen LogP contribution < -0.4 is 15.8 Å². The van der Waals surface area contributed by atoms with Crippen molar-refractivity contribution in [2.45, 2.75) is 13.0 Å². The van der Waals surface area contributed by atoms with Crippen LogP contribution in [0.3, 0.4) is 0 Å². The first-order chi connectivity index (χ1) is 10.4. The number of hydrogen-bond donors (Lipinski definition) is 2. The Labute approximate surface area is 133 Å². The van der Waals surface area contributed by atoms with Crippen LogP contribution in [0, 0.1) is 5.82 Å². The summed E-state index contributed by atoms with van der Waals surface area (Å²) < 4.78 is 18.6. The number of benzene rings is 2. The van der Waals surface area contributed by atoms with Gasteiger partial charge in [-0.1, -0.05) is 23.7 Å². The van der Waals surface area contributed by atoms with Crippen molar-refractivity contribution in [3.63, 3.8) is 0 Å². The summed E-state index contributed by atoms with van der Waals surface area (Å²) in [5.74, 6) is -0.416. The Morgan fingerprint density at radius 3 is 2.55 bits per heavy atom. The number of nitrogens with one attached hydrogen (secondary N) is 1. The van der Waals surface area contributed by atoms with Gasteiger partial charge >= 0.3 is 0 Å². The van der Waals surface area contributed by atoms with E-state index in [1.165, 1.54) is 6.07 Å². The molecule has 2 rings (SSSR count). The highest BCUT2D eigenvalue weighted by Crippen LogP contribution is 2.23. The third-order valence-corrected chi connectivity index (χ3v) is 3.59. The molecule has 6 heteroatoms. The molecule has 0 fully saturated rings. The van der Waals surface area contributed by atoms with Gasteiger partial charge in [0.1, 0.15) is 11.6 Å². The number of ether oxygens (including phenoxy) is 1. The number of hydrogen-bond acceptors (Lipinski definition) is 3. The van der Waals surface area contributed by atoms with Gasteiger partial charge in [-0.25, -0.2) is 4.39 Å². The summed E-state index contributed by atoms with van der Waals surface area (Å²) in [6.45, 7) is 1.82. The Hall–Kier alpha value is -2.27. The van der Waals surface area contributed by atoms with E-state index in [2.05, 4.69) is 5.32 Å². The molecule has 1 amide bonds. The van der Waals surface area contributed by atoms with Crippen molar-refractivity contribution < 1.29 is 13.9 Å². The second kappa shape index (κ2) is 6.66. The predicted molar refractivity (Wildman–Crippen MR) is 84.7 cm³/mol. The van der Waals surface area contributed by atoms with E-state index in [4.69, 9.17) is 22.1 Å². The van der Waals surface area contributed by atoms with Crippen molar-refractivity contribution in [1.29, 1.82) is 0 Å². The molecule has 3 N–H and O–H groups in total. The van der Waals surface area contributed by atoms with Gasteiger partial charge in [-0.15, -0.1) is 0 Å². The van der Waals surface area contributed by atoms with Crippen LogP contribution in [-0.2, 0) is 0 Å². The number of halogens is 2. The maximum absolute atomic E-state index is 13.5. The first-order valence-electron chi connectivity index (χ1n) is 6.61. The molecular weight excluding hydrogens is 307 g/mol. The van der Waals surface area contributed by atoms with Gasteiger partial charge in [0.25, 0.3) is 5.91 Å². The molecule has 0 saturated carbocycles. The number of amides is 1. The summed E-state index contributed by atoms with van der Waals surface area (Å²) in [7, 11) is 1.58. The zero-order valence-electron chi connectivity index (χ0n) is 12.2. The molecule has 1 atom stereocenters. The smallest absolute Gasteiger partial charge is 0.253 e. The molecule has 2 aromatic rings. The van der Waals surface area contributed by atoms with E-state index in [1.807, 2.05) is 19.1 Å². The van der Waals surface area contributed by atoms with Gasteiger partial charge in [0, 0.05) is 5.69 Å². The van der Waals surface area contributed by atoms with Gasteiger partial charge in [0.2, 0.25) is 0 Å². The van der Waals surface area contributed by atoms with Gasteiger partial charge in [0.15, 0.2) is 0 Å². The fraction of sp³-hybridized carbons (Fsp3) is 0.188. The van der Waals surface area contributed by atoms with Crippen LogP contribution in [0.25, 0.3) is 0 Å². The molecule has 0 heterocycles. The largest absolute Gasteiger partial charge is 0.497 e. The topological polar surface area (TPSA) is 64.3 Å². The molecular formula is C16H16ClFN2O2. The van der Waals surface area contributed by atoms with Crippen molar-refractivity contribution in [1.82, 2.24) is 5.32 Å². The average molecular weight is 323 g/mol. The van der Waals surface area contributed by atoms with Gasteiger partial charge in [-0.05, 0) is 36.8 Å². The van der Waals surface area contributed by atoms with E-state index in [0.29, 0.717) is 0 Å². The van der Waals surface area contributed by atoms with E-state index >= 15 is 0 Å². The van der Waals surface area contributed by atoms with Gasteiger partial charge in [-0.2, -0.15) is 0 Å². The summed E-state index contributed by atoms with van der Waals surface area (Å²) in [4.78, 5) is 12.2.